The summed E-state index contributed by atoms with van der Waals surface area (Å²) in [6.07, 6.45) is 3.29. The van der Waals surface area contributed by atoms with Crippen molar-refractivity contribution in [3.8, 4) is 0 Å². The Kier molecular flexibility index (Phi) is 2.75. The van der Waals surface area contributed by atoms with Gasteiger partial charge in [-0.3, -0.25) is 0 Å². The van der Waals surface area contributed by atoms with Crippen LogP contribution in [-0.2, 0) is 6.42 Å². The molecule has 1 rings (SSSR count). The third kappa shape index (κ3) is 2.06. The van der Waals surface area contributed by atoms with Crippen LogP contribution in [0.2, 0.25) is 0 Å². The monoisotopic (exact) mass is 130 g/mol. The Hall–Kier alpha value is -1.04. The summed E-state index contributed by atoms with van der Waals surface area (Å²) in [4.78, 5) is 0. The molecule has 0 fully saturated rings. The minimum atomic E-state index is 0.851. The van der Waals surface area contributed by atoms with Gasteiger partial charge in [0.05, 0.1) is 0 Å². The van der Waals surface area contributed by atoms with Gasteiger partial charge in [0.25, 0.3) is 0 Å². The minimum Gasteiger partial charge on any atom is -0.0757 e. The molecular weight excluding hydrogens is 120 g/mol. The number of hydrogen-bond acceptors (Lipinski definition) is 0. The van der Waals surface area contributed by atoms with Gasteiger partial charge in [-0.1, -0.05) is 36.4 Å². The fourth-order valence-corrected chi connectivity index (χ4v) is 0.884. The molecule has 0 aromatic heterocycles. The van der Waals surface area contributed by atoms with Gasteiger partial charge < -0.3 is 0 Å². The van der Waals surface area contributed by atoms with Crippen LogP contribution in [0.4, 0.5) is 0 Å². The van der Waals surface area contributed by atoms with E-state index in [9.17, 15) is 0 Å². The minimum absolute atomic E-state index is 0.851. The first kappa shape index (κ1) is 7.07. The molecule has 0 saturated carbocycles. The second kappa shape index (κ2) is 3.89. The van der Waals surface area contributed by atoms with Crippen LogP contribution in [0.1, 0.15) is 12.0 Å². The second-order valence-corrected chi connectivity index (χ2v) is 2.23. The van der Waals surface area contributed by atoms with Crippen molar-refractivity contribution in [2.24, 2.45) is 0 Å². The van der Waals surface area contributed by atoms with Crippen molar-refractivity contribution < 1.29 is 0 Å². The SMILES string of the molecule is [C]=CCCc1ccccc1. The van der Waals surface area contributed by atoms with E-state index in [0.29, 0.717) is 0 Å². The van der Waals surface area contributed by atoms with Gasteiger partial charge >= 0.3 is 0 Å². The molecule has 0 heterocycles. The molecule has 1 aromatic carbocycles. The lowest BCUT2D eigenvalue weighted by Gasteiger charge is -1.94. The molecule has 0 saturated heterocycles. The molecule has 0 aliphatic carbocycles. The molecule has 0 spiro atoms. The van der Waals surface area contributed by atoms with Gasteiger partial charge in [-0.05, 0) is 25.0 Å². The van der Waals surface area contributed by atoms with Crippen LogP contribution < -0.4 is 0 Å². The lowest BCUT2D eigenvalue weighted by atomic mass is 10.1. The Balaban J connectivity index is 2.50. The summed E-state index contributed by atoms with van der Waals surface area (Å²) < 4.78 is 0. The van der Waals surface area contributed by atoms with Gasteiger partial charge in [-0.15, -0.1) is 0 Å². The van der Waals surface area contributed by atoms with E-state index < -0.39 is 0 Å². The Labute approximate surface area is 62.2 Å². The van der Waals surface area contributed by atoms with Crippen LogP contribution in [0.3, 0.4) is 0 Å². The smallest absolute Gasteiger partial charge is 0.0145 e. The highest BCUT2D eigenvalue weighted by Gasteiger charge is 1.85. The number of aryl methyl sites for hydroxylation is 1. The van der Waals surface area contributed by atoms with Crippen LogP contribution in [-0.4, -0.2) is 0 Å². The maximum Gasteiger partial charge on any atom is -0.0145 e. The molecule has 0 aliphatic rings. The van der Waals surface area contributed by atoms with Gasteiger partial charge in [-0.25, -0.2) is 0 Å². The van der Waals surface area contributed by atoms with Crippen molar-refractivity contribution in [3.05, 3.63) is 48.6 Å². The first-order chi connectivity index (χ1) is 4.93. The summed E-state index contributed by atoms with van der Waals surface area (Å²) in [6.45, 7) is 6.83. The average molecular weight is 130 g/mol. The molecule has 10 heavy (non-hydrogen) atoms. The number of benzene rings is 1. The highest BCUT2D eigenvalue weighted by atomic mass is 13.9. The summed E-state index contributed by atoms with van der Waals surface area (Å²) in [5.74, 6) is 0. The maximum absolute atomic E-state index is 6.83. The van der Waals surface area contributed by atoms with Crippen LogP contribution in [0.15, 0.2) is 36.4 Å². The summed E-state index contributed by atoms with van der Waals surface area (Å²) in [7, 11) is 0. The number of allylic oxidation sites excluding steroid dienone is 1. The van der Waals surface area contributed by atoms with Crippen LogP contribution in [0.5, 0.6) is 0 Å². The Bertz CT molecular complexity index is 186. The zero-order valence-electron chi connectivity index (χ0n) is 5.88. The molecule has 2 radical (unpaired) electrons. The lowest BCUT2D eigenvalue weighted by molar-refractivity contribution is 1.00. The van der Waals surface area contributed by atoms with Crippen molar-refractivity contribution in [2.45, 2.75) is 12.8 Å². The van der Waals surface area contributed by atoms with Crippen molar-refractivity contribution in [1.29, 1.82) is 0 Å². The van der Waals surface area contributed by atoms with Crippen molar-refractivity contribution in [1.82, 2.24) is 0 Å². The van der Waals surface area contributed by atoms with Gasteiger partial charge in [0, 0.05) is 0 Å². The Morgan fingerprint density at radius 2 is 1.90 bits per heavy atom. The normalized spacial score (nSPS) is 9.20. The molecular formula is C10H10. The second-order valence-electron chi connectivity index (χ2n) is 2.23. The summed E-state index contributed by atoms with van der Waals surface area (Å²) in [5.41, 5.74) is 1.31. The molecule has 0 bridgehead atoms. The third-order valence-electron chi connectivity index (χ3n) is 1.42. The van der Waals surface area contributed by atoms with E-state index in [-0.39, 0.29) is 0 Å². The van der Waals surface area contributed by atoms with E-state index in [1.54, 1.807) is 0 Å². The zero-order chi connectivity index (χ0) is 7.23. The summed E-state index contributed by atoms with van der Waals surface area (Å²) in [6, 6.07) is 10.2. The number of rotatable bonds is 3. The van der Waals surface area contributed by atoms with Crippen LogP contribution >= 0.6 is 0 Å². The largest absolute Gasteiger partial charge is 0.0757 e. The van der Waals surface area contributed by atoms with E-state index in [1.165, 1.54) is 11.6 Å². The zero-order valence-corrected chi connectivity index (χ0v) is 5.88. The molecule has 0 atom stereocenters. The predicted octanol–water partition coefficient (Wildman–Crippen LogP) is 2.49. The molecule has 0 heteroatoms. The van der Waals surface area contributed by atoms with Crippen molar-refractivity contribution >= 4 is 0 Å². The molecule has 0 N–H and O–H groups in total. The van der Waals surface area contributed by atoms with E-state index in [2.05, 4.69) is 12.1 Å². The summed E-state index contributed by atoms with van der Waals surface area (Å²) in [5, 5.41) is 0. The van der Waals surface area contributed by atoms with Gasteiger partial charge in [0.15, 0.2) is 0 Å². The fraction of sp³-hybridized carbons (Fsp3) is 0.200. The summed E-state index contributed by atoms with van der Waals surface area (Å²) >= 11 is 0. The molecule has 0 amide bonds. The number of hydrogen-bond donors (Lipinski definition) is 0. The fourth-order valence-electron chi connectivity index (χ4n) is 0.884. The predicted molar refractivity (Wildman–Crippen MR) is 42.6 cm³/mol. The molecule has 0 unspecified atom stereocenters. The van der Waals surface area contributed by atoms with Crippen LogP contribution in [0, 0.1) is 6.58 Å². The van der Waals surface area contributed by atoms with Gasteiger partial charge in [-0.2, -0.15) is 0 Å². The van der Waals surface area contributed by atoms with E-state index in [4.69, 9.17) is 6.58 Å². The van der Waals surface area contributed by atoms with Gasteiger partial charge in [0.2, 0.25) is 0 Å². The highest BCUT2D eigenvalue weighted by Crippen LogP contribution is 2.01. The van der Waals surface area contributed by atoms with E-state index >= 15 is 0 Å². The Morgan fingerprint density at radius 1 is 1.20 bits per heavy atom. The topological polar surface area (TPSA) is 0 Å². The quantitative estimate of drug-likeness (QED) is 0.589. The highest BCUT2D eigenvalue weighted by molar-refractivity contribution is 5.14. The van der Waals surface area contributed by atoms with Gasteiger partial charge in [0.1, 0.15) is 0 Å². The van der Waals surface area contributed by atoms with E-state index in [1.807, 2.05) is 18.2 Å². The Morgan fingerprint density at radius 3 is 2.50 bits per heavy atom. The first-order valence-electron chi connectivity index (χ1n) is 3.46. The lowest BCUT2D eigenvalue weighted by Crippen LogP contribution is -1.79. The van der Waals surface area contributed by atoms with Crippen LogP contribution in [0.25, 0.3) is 0 Å². The molecule has 1 aromatic rings. The first-order valence-corrected chi connectivity index (χ1v) is 3.46. The molecule has 50 valence electrons. The molecule has 0 nitrogen and oxygen atoms in total. The average Bonchev–Trinajstić information content (AvgIpc) is 2.03. The maximum atomic E-state index is 6.83. The standard InChI is InChI=1S/C10H10/c1-2-3-7-10-8-5-4-6-9-10/h2,4-6,8-9H,3,7H2. The van der Waals surface area contributed by atoms with Crippen molar-refractivity contribution in [2.75, 3.05) is 0 Å². The molecule has 0 aliphatic heterocycles. The third-order valence-corrected chi connectivity index (χ3v) is 1.42. The van der Waals surface area contributed by atoms with E-state index in [0.717, 1.165) is 12.8 Å². The van der Waals surface area contributed by atoms with Crippen molar-refractivity contribution in [3.63, 3.8) is 0 Å².